The van der Waals surface area contributed by atoms with Crippen LogP contribution in [0.2, 0.25) is 0 Å². The molecule has 76 valence electrons. The van der Waals surface area contributed by atoms with Crippen molar-refractivity contribution in [2.24, 2.45) is 12.0 Å². The van der Waals surface area contributed by atoms with Crippen molar-refractivity contribution < 1.29 is 0 Å². The summed E-state index contributed by atoms with van der Waals surface area (Å²) < 4.78 is 2.06. The van der Waals surface area contributed by atoms with E-state index in [2.05, 4.69) is 38.0 Å². The lowest BCUT2D eigenvalue weighted by Crippen LogP contribution is -1.90. The molecule has 2 rings (SSSR count). The Morgan fingerprint density at radius 1 is 1.40 bits per heavy atom. The molecule has 0 amide bonds. The van der Waals surface area contributed by atoms with E-state index < -0.39 is 0 Å². The normalized spacial score (nSPS) is 10.3. The van der Waals surface area contributed by atoms with Gasteiger partial charge in [0.25, 0.3) is 0 Å². The minimum Gasteiger partial charge on any atom is -0.331 e. The molecule has 1 heterocycles. The van der Waals surface area contributed by atoms with Crippen LogP contribution in [0, 0.1) is 13.8 Å². The van der Waals surface area contributed by atoms with Crippen LogP contribution >= 0.6 is 12.2 Å². The number of thiocarbonyl (C=S) groups is 1. The van der Waals surface area contributed by atoms with E-state index in [1.807, 2.05) is 27.0 Å². The molecular formula is C11H11N3S. The molecule has 0 fully saturated rings. The fraction of sp³-hybridized carbons (Fsp3) is 0.273. The number of benzene rings is 1. The quantitative estimate of drug-likeness (QED) is 0.543. The molecule has 1 aromatic carbocycles. The maximum absolute atomic E-state index is 4.61. The summed E-state index contributed by atoms with van der Waals surface area (Å²) in [6.45, 7) is 3.99. The van der Waals surface area contributed by atoms with Gasteiger partial charge in [-0.05, 0) is 43.8 Å². The van der Waals surface area contributed by atoms with Gasteiger partial charge in [-0.2, -0.15) is 4.99 Å². The van der Waals surface area contributed by atoms with Crippen molar-refractivity contribution in [3.63, 3.8) is 0 Å². The van der Waals surface area contributed by atoms with Gasteiger partial charge in [0.15, 0.2) is 0 Å². The Bertz CT molecular complexity index is 577. The Morgan fingerprint density at radius 3 is 2.80 bits per heavy atom. The fourth-order valence-corrected chi connectivity index (χ4v) is 1.72. The zero-order valence-electron chi connectivity index (χ0n) is 8.90. The third kappa shape index (κ3) is 1.58. The van der Waals surface area contributed by atoms with Gasteiger partial charge < -0.3 is 4.57 Å². The molecule has 0 unspecified atom stereocenters. The van der Waals surface area contributed by atoms with Crippen LogP contribution in [0.3, 0.4) is 0 Å². The van der Waals surface area contributed by atoms with E-state index in [9.17, 15) is 0 Å². The van der Waals surface area contributed by atoms with E-state index >= 15 is 0 Å². The number of hydrogen-bond acceptors (Lipinski definition) is 3. The maximum Gasteiger partial charge on any atom is 0.106 e. The van der Waals surface area contributed by atoms with E-state index in [1.165, 1.54) is 0 Å². The van der Waals surface area contributed by atoms with Crippen LogP contribution in [0.25, 0.3) is 11.0 Å². The highest BCUT2D eigenvalue weighted by molar-refractivity contribution is 7.78. The van der Waals surface area contributed by atoms with Crippen molar-refractivity contribution in [1.82, 2.24) is 9.55 Å². The second-order valence-electron chi connectivity index (χ2n) is 3.55. The van der Waals surface area contributed by atoms with Crippen LogP contribution in [0.5, 0.6) is 0 Å². The first-order valence-electron chi connectivity index (χ1n) is 4.65. The molecule has 0 bridgehead atoms. The van der Waals surface area contributed by atoms with Gasteiger partial charge in [0.1, 0.15) is 5.82 Å². The number of fused-ring (bicyclic) bond motifs is 1. The van der Waals surface area contributed by atoms with Crippen LogP contribution in [0.15, 0.2) is 17.1 Å². The summed E-state index contributed by atoms with van der Waals surface area (Å²) in [6.07, 6.45) is 0. The van der Waals surface area contributed by atoms with E-state index in [4.69, 9.17) is 0 Å². The molecule has 0 aliphatic carbocycles. The monoisotopic (exact) mass is 217 g/mol. The van der Waals surface area contributed by atoms with Crippen molar-refractivity contribution in [1.29, 1.82) is 0 Å². The van der Waals surface area contributed by atoms with Crippen LogP contribution < -0.4 is 0 Å². The highest BCUT2D eigenvalue weighted by Gasteiger charge is 2.06. The third-order valence-electron chi connectivity index (χ3n) is 2.59. The molecule has 15 heavy (non-hydrogen) atoms. The van der Waals surface area contributed by atoms with Crippen LogP contribution in [-0.4, -0.2) is 14.7 Å². The molecular weight excluding hydrogens is 206 g/mol. The summed E-state index contributed by atoms with van der Waals surface area (Å²) in [5.41, 5.74) is 4.00. The minimum atomic E-state index is 0.843. The highest BCUT2D eigenvalue weighted by Crippen LogP contribution is 2.25. The number of aliphatic imine (C=N–C) groups is 1. The number of isothiocyanates is 1. The second-order valence-corrected chi connectivity index (χ2v) is 3.73. The summed E-state index contributed by atoms with van der Waals surface area (Å²) in [4.78, 5) is 8.45. The van der Waals surface area contributed by atoms with Gasteiger partial charge in [-0.3, -0.25) is 0 Å². The molecule has 0 saturated carbocycles. The summed E-state index contributed by atoms with van der Waals surface area (Å²) in [5.74, 6) is 0.993. The Morgan fingerprint density at radius 2 is 2.13 bits per heavy atom. The molecule has 0 N–H and O–H groups in total. The number of hydrogen-bond donors (Lipinski definition) is 0. The summed E-state index contributed by atoms with van der Waals surface area (Å²) >= 11 is 4.61. The molecule has 0 spiro atoms. The molecule has 4 heteroatoms. The van der Waals surface area contributed by atoms with Crippen molar-refractivity contribution >= 4 is 34.1 Å². The average molecular weight is 217 g/mol. The summed E-state index contributed by atoms with van der Waals surface area (Å²) in [5, 5.41) is 2.38. The molecule has 1 aromatic heterocycles. The Balaban J connectivity index is 2.81. The van der Waals surface area contributed by atoms with Crippen molar-refractivity contribution in [2.75, 3.05) is 0 Å². The zero-order chi connectivity index (χ0) is 11.0. The van der Waals surface area contributed by atoms with E-state index in [0.29, 0.717) is 0 Å². The second kappa shape index (κ2) is 3.57. The van der Waals surface area contributed by atoms with Crippen LogP contribution in [0.1, 0.15) is 11.4 Å². The topological polar surface area (TPSA) is 30.2 Å². The lowest BCUT2D eigenvalue weighted by molar-refractivity contribution is 0.885. The van der Waals surface area contributed by atoms with E-state index in [1.54, 1.807) is 0 Å². The standard InChI is InChI=1S/C11H11N3S/c1-7-4-11-10(5-9(7)12-6-15)13-8(2)14(11)3/h4-5H,1-3H3. The summed E-state index contributed by atoms with van der Waals surface area (Å²) in [7, 11) is 2.01. The predicted octanol–water partition coefficient (Wildman–Crippen LogP) is 2.92. The zero-order valence-corrected chi connectivity index (χ0v) is 9.72. The number of rotatable bonds is 1. The molecule has 0 atom stereocenters. The maximum atomic E-state index is 4.61. The molecule has 0 aliphatic heterocycles. The Labute approximate surface area is 93.5 Å². The first-order chi connectivity index (χ1) is 7.13. The van der Waals surface area contributed by atoms with Crippen molar-refractivity contribution in [3.05, 3.63) is 23.5 Å². The molecule has 0 radical (unpaired) electrons. The molecule has 0 aliphatic rings. The summed E-state index contributed by atoms with van der Waals surface area (Å²) in [6, 6.07) is 4.01. The molecule has 2 aromatic rings. The minimum absolute atomic E-state index is 0.843. The molecule has 3 nitrogen and oxygen atoms in total. The lowest BCUT2D eigenvalue weighted by atomic mass is 10.2. The average Bonchev–Trinajstić information content (AvgIpc) is 2.46. The van der Waals surface area contributed by atoms with Gasteiger partial charge in [0.2, 0.25) is 0 Å². The predicted molar refractivity (Wildman–Crippen MR) is 64.9 cm³/mol. The first-order valence-corrected chi connectivity index (χ1v) is 5.06. The largest absolute Gasteiger partial charge is 0.331 e. The van der Waals surface area contributed by atoms with Crippen LogP contribution in [-0.2, 0) is 7.05 Å². The smallest absolute Gasteiger partial charge is 0.106 e. The molecule has 0 saturated heterocycles. The lowest BCUT2D eigenvalue weighted by Gasteiger charge is -2.00. The highest BCUT2D eigenvalue weighted by atomic mass is 32.1. The van der Waals surface area contributed by atoms with Crippen molar-refractivity contribution in [3.8, 4) is 0 Å². The Kier molecular flexibility index (Phi) is 2.39. The van der Waals surface area contributed by atoms with Gasteiger partial charge >= 0.3 is 0 Å². The first kappa shape index (κ1) is 10.0. The van der Waals surface area contributed by atoms with Gasteiger partial charge in [-0.25, -0.2) is 4.98 Å². The van der Waals surface area contributed by atoms with Gasteiger partial charge in [-0.1, -0.05) is 0 Å². The van der Waals surface area contributed by atoms with E-state index in [-0.39, 0.29) is 0 Å². The van der Waals surface area contributed by atoms with Gasteiger partial charge in [-0.15, -0.1) is 0 Å². The number of aryl methyl sites for hydroxylation is 3. The SMILES string of the molecule is Cc1cc2c(cc1N=C=S)nc(C)n2C. The van der Waals surface area contributed by atoms with Crippen LogP contribution in [0.4, 0.5) is 5.69 Å². The number of aromatic nitrogens is 2. The Hall–Kier alpha value is -1.51. The third-order valence-corrected chi connectivity index (χ3v) is 2.68. The number of nitrogens with zero attached hydrogens (tertiary/aromatic N) is 3. The van der Waals surface area contributed by atoms with Crippen molar-refractivity contribution in [2.45, 2.75) is 13.8 Å². The van der Waals surface area contributed by atoms with Gasteiger partial charge in [0, 0.05) is 7.05 Å². The fourth-order valence-electron chi connectivity index (χ4n) is 1.62. The van der Waals surface area contributed by atoms with E-state index in [0.717, 1.165) is 28.1 Å². The number of imidazole rings is 1. The van der Waals surface area contributed by atoms with Gasteiger partial charge in [0.05, 0.1) is 21.9 Å².